The Bertz CT molecular complexity index is 1000. The second-order valence-electron chi connectivity index (χ2n) is 6.81. The third kappa shape index (κ3) is 5.29. The number of amides is 1. The molecule has 1 heterocycles. The first kappa shape index (κ1) is 20.7. The zero-order valence-corrected chi connectivity index (χ0v) is 17.9. The molecule has 7 nitrogen and oxygen atoms in total. The second-order valence-corrected chi connectivity index (χ2v) is 7.66. The van der Waals surface area contributed by atoms with E-state index in [1.165, 1.54) is 13.8 Å². The Hall–Kier alpha value is -3.00. The fraction of sp³-hybridized carbons (Fsp3) is 0.238. The molecule has 2 atom stereocenters. The van der Waals surface area contributed by atoms with E-state index in [0.29, 0.717) is 27.5 Å². The molecule has 8 heteroatoms. The maximum atomic E-state index is 11.9. The Labute approximate surface area is 177 Å². The van der Waals surface area contributed by atoms with Crippen molar-refractivity contribution in [2.24, 2.45) is 5.92 Å². The van der Waals surface area contributed by atoms with Crippen molar-refractivity contribution in [1.29, 1.82) is 0 Å². The summed E-state index contributed by atoms with van der Waals surface area (Å²) in [5.41, 5.74) is 2.05. The lowest BCUT2D eigenvalue weighted by atomic mass is 9.95. The van der Waals surface area contributed by atoms with E-state index < -0.39 is 0 Å². The Morgan fingerprint density at radius 1 is 1.17 bits per heavy atom. The highest BCUT2D eigenvalue weighted by Crippen LogP contribution is 2.27. The van der Waals surface area contributed by atoms with Crippen LogP contribution in [0.15, 0.2) is 58.9 Å². The summed E-state index contributed by atoms with van der Waals surface area (Å²) in [7, 11) is 0. The molecule has 1 aromatic carbocycles. The first-order chi connectivity index (χ1) is 13.8. The molecule has 2 unspecified atom stereocenters. The molecule has 0 bridgehead atoms. The molecule has 150 valence electrons. The molecule has 0 aliphatic heterocycles. The molecule has 3 rings (SSSR count). The van der Waals surface area contributed by atoms with E-state index in [1.807, 2.05) is 43.4 Å². The molecule has 0 fully saturated rings. The SMILES string of the molecule is CC(=O)NC1=CC(C)C(Nc2ncc(Br)c(Nc3ccccc3C(C)=O)n2)C=C1. The van der Waals surface area contributed by atoms with Gasteiger partial charge in [0.1, 0.15) is 5.82 Å². The lowest BCUT2D eigenvalue weighted by Crippen LogP contribution is -2.30. The molecule has 1 aliphatic rings. The average Bonchev–Trinajstić information content (AvgIpc) is 2.66. The maximum absolute atomic E-state index is 11.9. The molecule has 0 radical (unpaired) electrons. The molecule has 1 aromatic heterocycles. The van der Waals surface area contributed by atoms with Gasteiger partial charge in [0.05, 0.1) is 16.2 Å². The minimum absolute atomic E-state index is 0.0222. The third-order valence-electron chi connectivity index (χ3n) is 4.41. The first-order valence-electron chi connectivity index (χ1n) is 9.17. The summed E-state index contributed by atoms with van der Waals surface area (Å²) in [6.07, 6.45) is 7.48. The minimum atomic E-state index is -0.0997. The lowest BCUT2D eigenvalue weighted by Gasteiger charge is -2.24. The van der Waals surface area contributed by atoms with Gasteiger partial charge in [-0.15, -0.1) is 0 Å². The van der Waals surface area contributed by atoms with Gasteiger partial charge in [0.15, 0.2) is 5.78 Å². The van der Waals surface area contributed by atoms with Crippen LogP contribution in [0.5, 0.6) is 0 Å². The molecule has 0 saturated carbocycles. The summed E-state index contributed by atoms with van der Waals surface area (Å²) < 4.78 is 0.682. The van der Waals surface area contributed by atoms with E-state index in [0.717, 1.165) is 5.70 Å². The van der Waals surface area contributed by atoms with Crippen LogP contribution in [0, 0.1) is 5.92 Å². The summed E-state index contributed by atoms with van der Waals surface area (Å²) in [6, 6.07) is 7.26. The molecule has 1 aliphatic carbocycles. The molecular weight excluding hydrogens is 434 g/mol. The van der Waals surface area contributed by atoms with Crippen LogP contribution in [0.25, 0.3) is 0 Å². The fourth-order valence-corrected chi connectivity index (χ4v) is 3.28. The van der Waals surface area contributed by atoms with E-state index in [2.05, 4.69) is 41.8 Å². The van der Waals surface area contributed by atoms with Gasteiger partial charge in [0.25, 0.3) is 0 Å². The maximum Gasteiger partial charge on any atom is 0.225 e. The van der Waals surface area contributed by atoms with Crippen LogP contribution >= 0.6 is 15.9 Å². The van der Waals surface area contributed by atoms with Crippen molar-refractivity contribution in [3.63, 3.8) is 0 Å². The van der Waals surface area contributed by atoms with Gasteiger partial charge in [0, 0.05) is 30.3 Å². The predicted molar refractivity (Wildman–Crippen MR) is 117 cm³/mol. The topological polar surface area (TPSA) is 96.0 Å². The molecule has 3 N–H and O–H groups in total. The molecular formula is C21H22BrN5O2. The van der Waals surface area contributed by atoms with Gasteiger partial charge in [0.2, 0.25) is 11.9 Å². The van der Waals surface area contributed by atoms with Crippen LogP contribution in [0.2, 0.25) is 0 Å². The van der Waals surface area contributed by atoms with Crippen LogP contribution in [0.4, 0.5) is 17.5 Å². The Morgan fingerprint density at radius 2 is 1.93 bits per heavy atom. The summed E-state index contributed by atoms with van der Waals surface area (Å²) in [5.74, 6) is 1.01. The number of hydrogen-bond donors (Lipinski definition) is 3. The minimum Gasteiger partial charge on any atom is -0.347 e. The number of nitrogens with one attached hydrogen (secondary N) is 3. The lowest BCUT2D eigenvalue weighted by molar-refractivity contribution is -0.118. The number of para-hydroxylation sites is 1. The average molecular weight is 456 g/mol. The number of nitrogens with zero attached hydrogens (tertiary/aromatic N) is 2. The van der Waals surface area contributed by atoms with Crippen molar-refractivity contribution in [3.05, 3.63) is 64.4 Å². The van der Waals surface area contributed by atoms with E-state index in [4.69, 9.17) is 0 Å². The normalized spacial score (nSPS) is 18.0. The number of aromatic nitrogens is 2. The largest absolute Gasteiger partial charge is 0.347 e. The molecule has 29 heavy (non-hydrogen) atoms. The summed E-state index contributed by atoms with van der Waals surface area (Å²) in [5, 5.41) is 9.29. The van der Waals surface area contributed by atoms with Gasteiger partial charge in [-0.25, -0.2) is 4.98 Å². The van der Waals surface area contributed by atoms with Crippen molar-refractivity contribution >= 4 is 45.1 Å². The predicted octanol–water partition coefficient (Wildman–Crippen LogP) is 4.19. The molecule has 1 amide bonds. The Balaban J connectivity index is 1.77. The zero-order valence-electron chi connectivity index (χ0n) is 16.4. The molecule has 2 aromatic rings. The molecule has 0 spiro atoms. The van der Waals surface area contributed by atoms with E-state index in [1.54, 1.807) is 12.3 Å². The quantitative estimate of drug-likeness (QED) is 0.565. The number of rotatable bonds is 6. The number of carbonyl (C=O) groups is 2. The van der Waals surface area contributed by atoms with Gasteiger partial charge in [-0.3, -0.25) is 9.59 Å². The number of allylic oxidation sites excluding steroid dienone is 1. The number of Topliss-reactive ketones (excluding diaryl/α,β-unsaturated/α-hetero) is 1. The zero-order chi connectivity index (χ0) is 21.0. The highest BCUT2D eigenvalue weighted by Gasteiger charge is 2.19. The van der Waals surface area contributed by atoms with Crippen LogP contribution in [0.1, 0.15) is 31.1 Å². The smallest absolute Gasteiger partial charge is 0.225 e. The number of hydrogen-bond acceptors (Lipinski definition) is 6. The monoisotopic (exact) mass is 455 g/mol. The number of ketones is 1. The molecule has 0 saturated heterocycles. The van der Waals surface area contributed by atoms with Crippen molar-refractivity contribution in [2.75, 3.05) is 10.6 Å². The number of halogens is 1. The third-order valence-corrected chi connectivity index (χ3v) is 4.99. The van der Waals surface area contributed by atoms with Crippen LogP contribution < -0.4 is 16.0 Å². The van der Waals surface area contributed by atoms with Crippen molar-refractivity contribution in [3.8, 4) is 0 Å². The number of anilines is 3. The first-order valence-corrected chi connectivity index (χ1v) is 9.96. The number of carbonyl (C=O) groups excluding carboxylic acids is 2. The van der Waals surface area contributed by atoms with Gasteiger partial charge < -0.3 is 16.0 Å². The number of benzene rings is 1. The highest BCUT2D eigenvalue weighted by molar-refractivity contribution is 9.10. The van der Waals surface area contributed by atoms with Gasteiger partial charge in [-0.1, -0.05) is 31.2 Å². The van der Waals surface area contributed by atoms with E-state index in [-0.39, 0.29) is 23.7 Å². The Morgan fingerprint density at radius 3 is 2.62 bits per heavy atom. The summed E-state index contributed by atoms with van der Waals surface area (Å²) in [6.45, 7) is 5.06. The van der Waals surface area contributed by atoms with Crippen LogP contribution in [0.3, 0.4) is 0 Å². The Kier molecular flexibility index (Phi) is 6.43. The highest BCUT2D eigenvalue weighted by atomic mass is 79.9. The fourth-order valence-electron chi connectivity index (χ4n) is 2.99. The van der Waals surface area contributed by atoms with Crippen molar-refractivity contribution < 1.29 is 9.59 Å². The van der Waals surface area contributed by atoms with Crippen molar-refractivity contribution in [2.45, 2.75) is 26.8 Å². The van der Waals surface area contributed by atoms with E-state index >= 15 is 0 Å². The second kappa shape index (κ2) is 9.00. The van der Waals surface area contributed by atoms with Gasteiger partial charge >= 0.3 is 0 Å². The van der Waals surface area contributed by atoms with E-state index in [9.17, 15) is 9.59 Å². The van der Waals surface area contributed by atoms with Crippen LogP contribution in [-0.2, 0) is 4.79 Å². The van der Waals surface area contributed by atoms with Crippen molar-refractivity contribution in [1.82, 2.24) is 15.3 Å². The standard InChI is InChI=1S/C21H22BrN5O2/c1-12-10-15(24-14(3)29)8-9-18(12)26-21-23-11-17(22)20(27-21)25-19-7-5-4-6-16(19)13(2)28/h4-12,18H,1-3H3,(H,24,29)(H2,23,25,26,27). The summed E-state index contributed by atoms with van der Waals surface area (Å²) in [4.78, 5) is 32.0. The van der Waals surface area contributed by atoms with Gasteiger partial charge in [-0.2, -0.15) is 4.98 Å². The van der Waals surface area contributed by atoms with Gasteiger partial charge in [-0.05, 0) is 41.1 Å². The summed E-state index contributed by atoms with van der Waals surface area (Å²) >= 11 is 3.45. The van der Waals surface area contributed by atoms with Crippen LogP contribution in [-0.4, -0.2) is 27.7 Å².